The summed E-state index contributed by atoms with van der Waals surface area (Å²) in [5.41, 5.74) is 4.40. The molecule has 0 amide bonds. The van der Waals surface area contributed by atoms with E-state index in [0.717, 1.165) is 21.5 Å². The summed E-state index contributed by atoms with van der Waals surface area (Å²) >= 11 is 3.56. The Morgan fingerprint density at radius 2 is 1.90 bits per heavy atom. The first-order valence-corrected chi connectivity index (χ1v) is 7.62. The highest BCUT2D eigenvalue weighted by molar-refractivity contribution is 9.10. The van der Waals surface area contributed by atoms with E-state index < -0.39 is 0 Å². The van der Waals surface area contributed by atoms with Gasteiger partial charge in [-0.25, -0.2) is 4.68 Å². The third-order valence-corrected chi connectivity index (χ3v) is 3.94. The molecule has 0 atom stereocenters. The molecular formula is C17H16BrN3. The molecular weight excluding hydrogens is 326 g/mol. The summed E-state index contributed by atoms with van der Waals surface area (Å²) in [5, 5.41) is 8.00. The summed E-state index contributed by atoms with van der Waals surface area (Å²) in [6.07, 6.45) is 1.98. The van der Waals surface area contributed by atoms with E-state index in [2.05, 4.69) is 51.5 Å². The third-order valence-electron chi connectivity index (χ3n) is 3.25. The molecule has 3 aromatic rings. The van der Waals surface area contributed by atoms with Gasteiger partial charge in [-0.2, -0.15) is 5.10 Å². The summed E-state index contributed by atoms with van der Waals surface area (Å²) in [4.78, 5) is 0. The van der Waals surface area contributed by atoms with Crippen molar-refractivity contribution < 1.29 is 0 Å². The van der Waals surface area contributed by atoms with Crippen molar-refractivity contribution in [2.24, 2.45) is 0 Å². The summed E-state index contributed by atoms with van der Waals surface area (Å²) in [6.45, 7) is 2.78. The molecule has 0 bridgehead atoms. The molecule has 1 N–H and O–H groups in total. The highest BCUT2D eigenvalue weighted by atomic mass is 79.9. The fourth-order valence-electron chi connectivity index (χ4n) is 2.14. The number of nitrogens with one attached hydrogen (secondary N) is 1. The van der Waals surface area contributed by atoms with Crippen LogP contribution in [0.3, 0.4) is 0 Å². The number of benzene rings is 2. The maximum absolute atomic E-state index is 4.59. The number of nitrogens with zero attached hydrogens (tertiary/aromatic N) is 2. The van der Waals surface area contributed by atoms with Crippen molar-refractivity contribution in [2.75, 3.05) is 5.32 Å². The Balaban J connectivity index is 1.72. The SMILES string of the molecule is Cc1ccc(Br)c(NCc2ccn(-c3ccccc3)n2)c1. The summed E-state index contributed by atoms with van der Waals surface area (Å²) in [7, 11) is 0. The van der Waals surface area contributed by atoms with E-state index in [1.807, 2.05) is 47.3 Å². The topological polar surface area (TPSA) is 29.9 Å². The van der Waals surface area contributed by atoms with Gasteiger partial charge in [0.2, 0.25) is 0 Å². The van der Waals surface area contributed by atoms with Crippen molar-refractivity contribution in [1.29, 1.82) is 0 Å². The van der Waals surface area contributed by atoms with Crippen molar-refractivity contribution in [3.05, 3.63) is 76.5 Å². The smallest absolute Gasteiger partial charge is 0.0819 e. The molecule has 0 unspecified atom stereocenters. The van der Waals surface area contributed by atoms with Crippen LogP contribution in [0.1, 0.15) is 11.3 Å². The fourth-order valence-corrected chi connectivity index (χ4v) is 2.53. The largest absolute Gasteiger partial charge is 0.378 e. The third kappa shape index (κ3) is 3.34. The van der Waals surface area contributed by atoms with Crippen molar-refractivity contribution >= 4 is 21.6 Å². The highest BCUT2D eigenvalue weighted by Crippen LogP contribution is 2.23. The Labute approximate surface area is 132 Å². The quantitative estimate of drug-likeness (QED) is 0.754. The van der Waals surface area contributed by atoms with Crippen molar-refractivity contribution in [3.8, 4) is 5.69 Å². The zero-order valence-corrected chi connectivity index (χ0v) is 13.3. The zero-order chi connectivity index (χ0) is 14.7. The Hall–Kier alpha value is -2.07. The second kappa shape index (κ2) is 6.14. The predicted octanol–water partition coefficient (Wildman–Crippen LogP) is 4.56. The van der Waals surface area contributed by atoms with E-state index in [4.69, 9.17) is 0 Å². The average Bonchev–Trinajstić information content (AvgIpc) is 2.98. The molecule has 1 heterocycles. The average molecular weight is 342 g/mol. The minimum absolute atomic E-state index is 0.696. The molecule has 1 aromatic heterocycles. The summed E-state index contributed by atoms with van der Waals surface area (Å²) < 4.78 is 2.96. The standard InChI is InChI=1S/C17H16BrN3/c1-13-7-8-16(18)17(11-13)19-12-14-9-10-21(20-14)15-5-3-2-4-6-15/h2-11,19H,12H2,1H3. The van der Waals surface area contributed by atoms with E-state index in [9.17, 15) is 0 Å². The van der Waals surface area contributed by atoms with Gasteiger partial charge in [-0.05, 0) is 58.7 Å². The molecule has 0 fully saturated rings. The Morgan fingerprint density at radius 1 is 1.10 bits per heavy atom. The van der Waals surface area contributed by atoms with Crippen LogP contribution >= 0.6 is 15.9 Å². The van der Waals surface area contributed by atoms with Crippen LogP contribution in [0.25, 0.3) is 5.69 Å². The molecule has 0 spiro atoms. The lowest BCUT2D eigenvalue weighted by atomic mass is 10.2. The second-order valence-corrected chi connectivity index (χ2v) is 5.78. The van der Waals surface area contributed by atoms with Crippen LogP contribution in [-0.4, -0.2) is 9.78 Å². The highest BCUT2D eigenvalue weighted by Gasteiger charge is 2.03. The Bertz CT molecular complexity index is 735. The van der Waals surface area contributed by atoms with Crippen molar-refractivity contribution in [3.63, 3.8) is 0 Å². The number of anilines is 1. The summed E-state index contributed by atoms with van der Waals surface area (Å²) in [6, 6.07) is 18.4. The molecule has 4 heteroatoms. The van der Waals surface area contributed by atoms with Gasteiger partial charge in [0.1, 0.15) is 0 Å². The maximum Gasteiger partial charge on any atom is 0.0819 e. The minimum Gasteiger partial charge on any atom is -0.378 e. The lowest BCUT2D eigenvalue weighted by Crippen LogP contribution is -2.02. The number of hydrogen-bond acceptors (Lipinski definition) is 2. The Morgan fingerprint density at radius 3 is 2.71 bits per heavy atom. The molecule has 2 aromatic carbocycles. The van der Waals surface area contributed by atoms with Gasteiger partial charge in [0, 0.05) is 16.4 Å². The number of aryl methyl sites for hydroxylation is 1. The van der Waals surface area contributed by atoms with E-state index in [1.165, 1.54) is 5.56 Å². The van der Waals surface area contributed by atoms with E-state index in [-0.39, 0.29) is 0 Å². The van der Waals surface area contributed by atoms with Crippen LogP contribution < -0.4 is 5.32 Å². The normalized spacial score (nSPS) is 10.6. The lowest BCUT2D eigenvalue weighted by Gasteiger charge is -2.08. The van der Waals surface area contributed by atoms with Gasteiger partial charge in [-0.3, -0.25) is 0 Å². The van der Waals surface area contributed by atoms with Gasteiger partial charge in [-0.1, -0.05) is 24.3 Å². The molecule has 0 aliphatic heterocycles. The lowest BCUT2D eigenvalue weighted by molar-refractivity contribution is 0.844. The number of hydrogen-bond donors (Lipinski definition) is 1. The number of rotatable bonds is 4. The summed E-state index contributed by atoms with van der Waals surface area (Å²) in [5.74, 6) is 0. The molecule has 0 radical (unpaired) electrons. The van der Waals surface area contributed by atoms with Crippen molar-refractivity contribution in [1.82, 2.24) is 9.78 Å². The molecule has 0 saturated carbocycles. The maximum atomic E-state index is 4.59. The van der Waals surface area contributed by atoms with E-state index in [0.29, 0.717) is 6.54 Å². The number of halogens is 1. The molecule has 106 valence electrons. The number of para-hydroxylation sites is 1. The van der Waals surface area contributed by atoms with Gasteiger partial charge >= 0.3 is 0 Å². The minimum atomic E-state index is 0.696. The monoisotopic (exact) mass is 341 g/mol. The van der Waals surface area contributed by atoms with Crippen LogP contribution in [0, 0.1) is 6.92 Å². The molecule has 21 heavy (non-hydrogen) atoms. The predicted molar refractivity (Wildman–Crippen MR) is 89.8 cm³/mol. The van der Waals surface area contributed by atoms with Crippen LogP contribution in [0.5, 0.6) is 0 Å². The second-order valence-electron chi connectivity index (χ2n) is 4.92. The molecule has 0 aliphatic carbocycles. The van der Waals surface area contributed by atoms with Crippen LogP contribution in [0.2, 0.25) is 0 Å². The number of aromatic nitrogens is 2. The van der Waals surface area contributed by atoms with Gasteiger partial charge in [0.15, 0.2) is 0 Å². The zero-order valence-electron chi connectivity index (χ0n) is 11.8. The molecule has 3 rings (SSSR count). The molecule has 3 nitrogen and oxygen atoms in total. The van der Waals surface area contributed by atoms with Crippen LogP contribution in [0.15, 0.2) is 65.3 Å². The van der Waals surface area contributed by atoms with Crippen LogP contribution in [-0.2, 0) is 6.54 Å². The van der Waals surface area contributed by atoms with Gasteiger partial charge in [0.25, 0.3) is 0 Å². The molecule has 0 saturated heterocycles. The van der Waals surface area contributed by atoms with Crippen molar-refractivity contribution in [2.45, 2.75) is 13.5 Å². The first-order chi connectivity index (χ1) is 10.2. The van der Waals surface area contributed by atoms with Gasteiger partial charge in [-0.15, -0.1) is 0 Å². The van der Waals surface area contributed by atoms with E-state index in [1.54, 1.807) is 0 Å². The van der Waals surface area contributed by atoms with Gasteiger partial charge < -0.3 is 5.32 Å². The fraction of sp³-hybridized carbons (Fsp3) is 0.118. The van der Waals surface area contributed by atoms with E-state index >= 15 is 0 Å². The first kappa shape index (κ1) is 13.9. The Kier molecular flexibility index (Phi) is 4.06. The molecule has 0 aliphatic rings. The first-order valence-electron chi connectivity index (χ1n) is 6.82. The van der Waals surface area contributed by atoms with Crippen LogP contribution in [0.4, 0.5) is 5.69 Å². The van der Waals surface area contributed by atoms with Gasteiger partial charge in [0.05, 0.1) is 17.9 Å².